The van der Waals surface area contributed by atoms with Crippen molar-refractivity contribution in [1.82, 2.24) is 4.90 Å². The number of anilines is 1. The van der Waals surface area contributed by atoms with Crippen molar-refractivity contribution in [1.29, 1.82) is 0 Å². The van der Waals surface area contributed by atoms with Gasteiger partial charge in [0.1, 0.15) is 17.9 Å². The van der Waals surface area contributed by atoms with Gasteiger partial charge in [-0.25, -0.2) is 0 Å². The van der Waals surface area contributed by atoms with E-state index < -0.39 is 47.0 Å². The fourth-order valence-electron chi connectivity index (χ4n) is 4.84. The number of hydrogen-bond donors (Lipinski definition) is 3. The standard InChI is InChI=1S/C18H19ClN4O5/c1-28-6-5-23-15(25)12-10(7-11(20)24)22-18(13(12)16(23)26)8-3-2-4-9(19)14(8)21-17(18)27/h2-4,10,12-13,22H,5-7H2,1H3,(H2,20,24)(H,21,27)/p+1/t10-,12-,13+,18-/m1/s1. The first-order valence-corrected chi connectivity index (χ1v) is 9.29. The number of ether oxygens (including phenoxy) is 1. The third-order valence-corrected chi connectivity index (χ3v) is 6.22. The number of nitrogens with zero attached hydrogens (tertiary/aromatic N) is 1. The van der Waals surface area contributed by atoms with Crippen molar-refractivity contribution < 1.29 is 29.2 Å². The number of halogens is 1. The van der Waals surface area contributed by atoms with Crippen molar-refractivity contribution in [3.05, 3.63) is 28.8 Å². The van der Waals surface area contributed by atoms with Crippen LogP contribution in [0.25, 0.3) is 0 Å². The van der Waals surface area contributed by atoms with Crippen LogP contribution in [0.3, 0.4) is 0 Å². The first kappa shape index (κ1) is 18.9. The molecule has 0 bridgehead atoms. The second kappa shape index (κ2) is 6.54. The molecule has 10 heteroatoms. The number of hydrogen-bond acceptors (Lipinski definition) is 5. The average molecular weight is 408 g/mol. The molecule has 0 saturated carbocycles. The van der Waals surface area contributed by atoms with Crippen molar-refractivity contribution in [3.63, 3.8) is 0 Å². The number of carbonyl (C=O) groups excluding carboxylic acids is 4. The van der Waals surface area contributed by atoms with Crippen LogP contribution in [-0.4, -0.2) is 54.8 Å². The first-order valence-electron chi connectivity index (χ1n) is 8.92. The van der Waals surface area contributed by atoms with Gasteiger partial charge < -0.3 is 21.1 Å². The minimum absolute atomic E-state index is 0.0879. The molecule has 9 nitrogen and oxygen atoms in total. The number of nitrogens with two attached hydrogens (primary N) is 2. The Morgan fingerprint density at radius 3 is 2.79 bits per heavy atom. The molecule has 4 atom stereocenters. The van der Waals surface area contributed by atoms with Gasteiger partial charge >= 0.3 is 0 Å². The quantitative estimate of drug-likeness (QED) is 0.513. The van der Waals surface area contributed by atoms with Crippen molar-refractivity contribution in [3.8, 4) is 0 Å². The van der Waals surface area contributed by atoms with Gasteiger partial charge in [0.25, 0.3) is 5.91 Å². The summed E-state index contributed by atoms with van der Waals surface area (Å²) >= 11 is 6.24. The Labute approximate surface area is 165 Å². The second-order valence-corrected chi connectivity index (χ2v) is 7.72. The fraction of sp³-hybridized carbons (Fsp3) is 0.444. The molecule has 0 radical (unpaired) electrons. The van der Waals surface area contributed by atoms with Crippen LogP contribution >= 0.6 is 11.6 Å². The molecule has 0 aliphatic carbocycles. The smallest absolute Gasteiger partial charge is 0.291 e. The van der Waals surface area contributed by atoms with Crippen LogP contribution in [0.1, 0.15) is 12.0 Å². The Morgan fingerprint density at radius 1 is 1.36 bits per heavy atom. The Balaban J connectivity index is 1.85. The van der Waals surface area contributed by atoms with Crippen LogP contribution in [0.5, 0.6) is 0 Å². The number of para-hydroxylation sites is 1. The summed E-state index contributed by atoms with van der Waals surface area (Å²) in [6.45, 7) is 0.271. The lowest BCUT2D eigenvalue weighted by atomic mass is 9.76. The molecule has 3 heterocycles. The third-order valence-electron chi connectivity index (χ3n) is 5.90. The number of amides is 4. The monoisotopic (exact) mass is 407 g/mol. The van der Waals surface area contributed by atoms with Crippen molar-refractivity contribution in [2.75, 3.05) is 25.6 Å². The third kappa shape index (κ3) is 2.40. The van der Waals surface area contributed by atoms with Gasteiger partial charge in [0, 0.05) is 12.7 Å². The molecule has 1 spiro atoms. The lowest BCUT2D eigenvalue weighted by molar-refractivity contribution is -0.732. The predicted molar refractivity (Wildman–Crippen MR) is 96.9 cm³/mol. The Morgan fingerprint density at radius 2 is 2.11 bits per heavy atom. The van der Waals surface area contributed by atoms with Gasteiger partial charge in [-0.15, -0.1) is 0 Å². The molecule has 0 unspecified atom stereocenters. The molecular weight excluding hydrogens is 388 g/mol. The Hall–Kier alpha value is -2.49. The zero-order valence-corrected chi connectivity index (χ0v) is 15.9. The molecule has 28 heavy (non-hydrogen) atoms. The number of carbonyl (C=O) groups is 4. The molecule has 1 aromatic rings. The molecule has 5 N–H and O–H groups in total. The Bertz CT molecular complexity index is 906. The van der Waals surface area contributed by atoms with E-state index in [2.05, 4.69) is 5.32 Å². The molecule has 148 valence electrons. The number of nitrogens with one attached hydrogen (secondary N) is 1. The van der Waals surface area contributed by atoms with E-state index in [-0.39, 0.29) is 19.6 Å². The highest BCUT2D eigenvalue weighted by atomic mass is 35.5. The van der Waals surface area contributed by atoms with Crippen molar-refractivity contribution >= 4 is 40.9 Å². The van der Waals surface area contributed by atoms with Crippen molar-refractivity contribution in [2.45, 2.75) is 18.0 Å². The minimum Gasteiger partial charge on any atom is -0.383 e. The highest BCUT2D eigenvalue weighted by molar-refractivity contribution is 6.35. The normalized spacial score (nSPS) is 30.7. The van der Waals surface area contributed by atoms with Crippen molar-refractivity contribution in [2.24, 2.45) is 17.6 Å². The maximum absolute atomic E-state index is 13.2. The van der Waals surface area contributed by atoms with E-state index in [1.165, 1.54) is 7.11 Å². The topological polar surface area (TPSA) is 135 Å². The van der Waals surface area contributed by atoms with Gasteiger partial charge in [-0.05, 0) is 12.1 Å². The molecule has 4 rings (SSSR count). The van der Waals surface area contributed by atoms with E-state index >= 15 is 0 Å². The summed E-state index contributed by atoms with van der Waals surface area (Å²) < 4.78 is 5.00. The van der Waals surface area contributed by atoms with Gasteiger partial charge in [0.2, 0.25) is 23.3 Å². The zero-order chi connectivity index (χ0) is 20.2. The first-order chi connectivity index (χ1) is 13.3. The van der Waals surface area contributed by atoms with E-state index in [0.29, 0.717) is 16.3 Å². The Kier molecular flexibility index (Phi) is 4.40. The molecule has 1 aromatic carbocycles. The summed E-state index contributed by atoms with van der Waals surface area (Å²) in [5.74, 6) is -3.65. The van der Waals surface area contributed by atoms with Crippen LogP contribution in [0, 0.1) is 11.8 Å². The SMILES string of the molecule is COCCN1C(=O)[C@H]2[C@@H](C1=O)[C@@]1([NH2+][C@@H]2CC(N)=O)C(=O)Nc2c(Cl)cccc21. The molecule has 3 aliphatic heterocycles. The maximum Gasteiger partial charge on any atom is 0.291 e. The summed E-state index contributed by atoms with van der Waals surface area (Å²) in [5, 5.41) is 4.75. The summed E-state index contributed by atoms with van der Waals surface area (Å²) in [6, 6.07) is 4.42. The molecule has 2 fully saturated rings. The lowest BCUT2D eigenvalue weighted by Gasteiger charge is -2.26. The summed E-state index contributed by atoms with van der Waals surface area (Å²) in [4.78, 5) is 52.2. The summed E-state index contributed by atoms with van der Waals surface area (Å²) in [5.41, 5.74) is 4.99. The molecular formula is C18H20ClN4O5+. The number of quaternary nitrogens is 1. The minimum atomic E-state index is -1.36. The van der Waals surface area contributed by atoms with Crippen LogP contribution in [0.15, 0.2) is 18.2 Å². The summed E-state index contributed by atoms with van der Waals surface area (Å²) in [6.07, 6.45) is -0.122. The van der Waals surface area contributed by atoms with Crippen LogP contribution in [0.4, 0.5) is 5.69 Å². The lowest BCUT2D eigenvalue weighted by Crippen LogP contribution is -2.99. The number of rotatable bonds is 5. The number of primary amides is 1. The maximum atomic E-state index is 13.2. The molecule has 0 aromatic heterocycles. The van der Waals surface area contributed by atoms with Crippen LogP contribution in [0.2, 0.25) is 5.02 Å². The second-order valence-electron chi connectivity index (χ2n) is 7.31. The number of imide groups is 1. The van der Waals surface area contributed by atoms with E-state index in [9.17, 15) is 19.2 Å². The molecule has 2 saturated heterocycles. The van der Waals surface area contributed by atoms with E-state index in [0.717, 1.165) is 4.90 Å². The van der Waals surface area contributed by atoms with Gasteiger partial charge in [0.05, 0.1) is 30.3 Å². The van der Waals surface area contributed by atoms with Crippen LogP contribution < -0.4 is 16.4 Å². The highest BCUT2D eigenvalue weighted by Gasteiger charge is 2.74. The van der Waals surface area contributed by atoms with E-state index in [1.807, 2.05) is 0 Å². The fourth-order valence-corrected chi connectivity index (χ4v) is 5.06. The van der Waals surface area contributed by atoms with Gasteiger partial charge in [-0.3, -0.25) is 24.1 Å². The highest BCUT2D eigenvalue weighted by Crippen LogP contribution is 2.50. The molecule has 4 amide bonds. The summed E-state index contributed by atoms with van der Waals surface area (Å²) in [7, 11) is 1.47. The molecule has 3 aliphatic rings. The van der Waals surface area contributed by atoms with E-state index in [1.54, 1.807) is 23.5 Å². The number of likely N-dealkylation sites (tertiary alicyclic amines) is 1. The average Bonchev–Trinajstić information content (AvgIpc) is 3.20. The number of fused-ring (bicyclic) bond motifs is 4. The van der Waals surface area contributed by atoms with Gasteiger partial charge in [-0.2, -0.15) is 0 Å². The van der Waals surface area contributed by atoms with Gasteiger partial charge in [-0.1, -0.05) is 17.7 Å². The van der Waals surface area contributed by atoms with Crippen LogP contribution in [-0.2, 0) is 29.5 Å². The number of methoxy groups -OCH3 is 1. The predicted octanol–water partition coefficient (Wildman–Crippen LogP) is -1.44. The van der Waals surface area contributed by atoms with Gasteiger partial charge in [0.15, 0.2) is 0 Å². The number of benzene rings is 1. The van der Waals surface area contributed by atoms with E-state index in [4.69, 9.17) is 22.1 Å². The largest absolute Gasteiger partial charge is 0.383 e. The zero-order valence-electron chi connectivity index (χ0n) is 15.1.